The van der Waals surface area contributed by atoms with E-state index in [0.29, 0.717) is 19.3 Å². The lowest BCUT2D eigenvalue weighted by Gasteiger charge is -2.23. The van der Waals surface area contributed by atoms with E-state index in [9.17, 15) is 13.2 Å². The van der Waals surface area contributed by atoms with E-state index in [2.05, 4.69) is 5.32 Å². The molecule has 0 saturated carbocycles. The first-order valence-electron chi connectivity index (χ1n) is 5.25. The van der Waals surface area contributed by atoms with Gasteiger partial charge in [-0.05, 0) is 12.8 Å². The van der Waals surface area contributed by atoms with Crippen molar-refractivity contribution in [2.45, 2.75) is 30.6 Å². The summed E-state index contributed by atoms with van der Waals surface area (Å²) >= 11 is 0. The van der Waals surface area contributed by atoms with Crippen LogP contribution >= 0.6 is 0 Å². The Morgan fingerprint density at radius 1 is 1.31 bits per heavy atom. The van der Waals surface area contributed by atoms with Gasteiger partial charge in [0.25, 0.3) is 0 Å². The number of rotatable bonds is 4. The Balaban J connectivity index is 2.65. The van der Waals surface area contributed by atoms with Crippen molar-refractivity contribution in [3.8, 4) is 0 Å². The second-order valence-corrected chi connectivity index (χ2v) is 6.23. The van der Waals surface area contributed by atoms with Crippen LogP contribution in [-0.4, -0.2) is 54.8 Å². The van der Waals surface area contributed by atoms with Gasteiger partial charge < -0.3 is 15.5 Å². The van der Waals surface area contributed by atoms with Gasteiger partial charge in [0.05, 0.1) is 25.0 Å². The molecule has 1 aliphatic heterocycles. The highest BCUT2D eigenvalue weighted by Crippen LogP contribution is 2.19. The highest BCUT2D eigenvalue weighted by molar-refractivity contribution is 7.92. The van der Waals surface area contributed by atoms with Crippen LogP contribution in [0, 0.1) is 0 Å². The minimum absolute atomic E-state index is 0.0357. The van der Waals surface area contributed by atoms with E-state index < -0.39 is 40.2 Å². The maximum atomic E-state index is 11.6. The van der Waals surface area contributed by atoms with Gasteiger partial charge in [-0.25, -0.2) is 8.42 Å². The van der Waals surface area contributed by atoms with Crippen molar-refractivity contribution in [3.63, 3.8) is 0 Å². The van der Waals surface area contributed by atoms with Crippen LogP contribution in [0.4, 0.5) is 0 Å². The first-order chi connectivity index (χ1) is 7.51. The van der Waals surface area contributed by atoms with Crippen LogP contribution in [0.15, 0.2) is 0 Å². The number of amides is 1. The molecule has 16 heavy (non-hydrogen) atoms. The molecule has 1 amide bonds. The number of aliphatic hydroxyl groups excluding tert-OH is 2. The lowest BCUT2D eigenvalue weighted by Crippen LogP contribution is -2.49. The first kappa shape index (κ1) is 13.4. The van der Waals surface area contributed by atoms with Crippen LogP contribution in [0.1, 0.15) is 19.3 Å². The SMILES string of the molecule is O=C(NC(CO)CO)C1CCCCS1(=O)=O. The Kier molecular flexibility index (Phi) is 4.69. The van der Waals surface area contributed by atoms with E-state index in [0.717, 1.165) is 0 Å². The molecule has 1 fully saturated rings. The fraction of sp³-hybridized carbons (Fsp3) is 0.889. The molecule has 0 aliphatic carbocycles. The van der Waals surface area contributed by atoms with E-state index >= 15 is 0 Å². The predicted molar refractivity (Wildman–Crippen MR) is 57.5 cm³/mol. The number of hydrogen-bond donors (Lipinski definition) is 3. The summed E-state index contributed by atoms with van der Waals surface area (Å²) in [7, 11) is -3.36. The van der Waals surface area contributed by atoms with Gasteiger partial charge in [-0.3, -0.25) is 4.79 Å². The largest absolute Gasteiger partial charge is 0.394 e. The standard InChI is InChI=1S/C9H17NO5S/c11-5-7(6-12)10-9(13)8-3-1-2-4-16(8,14)15/h7-8,11-12H,1-6H2,(H,10,13). The van der Waals surface area contributed by atoms with Gasteiger partial charge in [0, 0.05) is 0 Å². The van der Waals surface area contributed by atoms with Gasteiger partial charge in [-0.1, -0.05) is 6.42 Å². The number of carbonyl (C=O) groups excluding carboxylic acids is 1. The van der Waals surface area contributed by atoms with E-state index in [1.165, 1.54) is 0 Å². The number of sulfone groups is 1. The maximum Gasteiger partial charge on any atom is 0.238 e. The molecule has 1 saturated heterocycles. The maximum absolute atomic E-state index is 11.6. The quantitative estimate of drug-likeness (QED) is 0.559. The molecule has 3 N–H and O–H groups in total. The van der Waals surface area contributed by atoms with Crippen LogP contribution < -0.4 is 5.32 Å². The molecule has 0 aromatic carbocycles. The molecular formula is C9H17NO5S. The minimum atomic E-state index is -3.36. The average Bonchev–Trinajstić information content (AvgIpc) is 2.24. The molecule has 0 radical (unpaired) electrons. The Morgan fingerprint density at radius 3 is 2.44 bits per heavy atom. The first-order valence-corrected chi connectivity index (χ1v) is 6.96. The van der Waals surface area contributed by atoms with Crippen LogP contribution in [-0.2, 0) is 14.6 Å². The van der Waals surface area contributed by atoms with Gasteiger partial charge in [0.2, 0.25) is 5.91 Å². The van der Waals surface area contributed by atoms with Crippen LogP contribution in [0.5, 0.6) is 0 Å². The number of hydrogen-bond acceptors (Lipinski definition) is 5. The summed E-state index contributed by atoms with van der Waals surface area (Å²) in [6.45, 7) is -0.815. The highest BCUT2D eigenvalue weighted by Gasteiger charge is 2.35. The van der Waals surface area contributed by atoms with E-state index in [1.54, 1.807) is 0 Å². The second-order valence-electron chi connectivity index (χ2n) is 3.92. The Bertz CT molecular complexity index is 336. The Morgan fingerprint density at radius 2 is 1.94 bits per heavy atom. The molecule has 1 unspecified atom stereocenters. The molecule has 94 valence electrons. The van der Waals surface area contributed by atoms with E-state index in [-0.39, 0.29) is 5.75 Å². The fourth-order valence-electron chi connectivity index (χ4n) is 1.69. The molecule has 1 aliphatic rings. The number of nitrogens with one attached hydrogen (secondary N) is 1. The Hall–Kier alpha value is -0.660. The molecule has 7 heteroatoms. The molecule has 1 atom stereocenters. The fourth-order valence-corrected chi connectivity index (χ4v) is 3.50. The second kappa shape index (κ2) is 5.60. The van der Waals surface area contributed by atoms with Crippen molar-refractivity contribution < 1.29 is 23.4 Å². The van der Waals surface area contributed by atoms with Crippen LogP contribution in [0.2, 0.25) is 0 Å². The van der Waals surface area contributed by atoms with Crippen molar-refractivity contribution in [2.24, 2.45) is 0 Å². The third-order valence-electron chi connectivity index (χ3n) is 2.66. The molecule has 0 aromatic rings. The van der Waals surface area contributed by atoms with Crippen LogP contribution in [0.25, 0.3) is 0 Å². The zero-order valence-corrected chi connectivity index (χ0v) is 9.74. The van der Waals surface area contributed by atoms with Crippen molar-refractivity contribution in [1.29, 1.82) is 0 Å². The predicted octanol–water partition coefficient (Wildman–Crippen LogP) is -1.58. The summed E-state index contributed by atoms with van der Waals surface area (Å²) in [5.41, 5.74) is 0. The van der Waals surface area contributed by atoms with Gasteiger partial charge in [-0.2, -0.15) is 0 Å². The van der Waals surface area contributed by atoms with Gasteiger partial charge >= 0.3 is 0 Å². The summed E-state index contributed by atoms with van der Waals surface area (Å²) in [4.78, 5) is 11.6. The number of aliphatic hydroxyl groups is 2. The average molecular weight is 251 g/mol. The number of carbonyl (C=O) groups is 1. The lowest BCUT2D eigenvalue weighted by atomic mass is 10.1. The van der Waals surface area contributed by atoms with E-state index in [1.807, 2.05) is 0 Å². The van der Waals surface area contributed by atoms with Crippen molar-refractivity contribution >= 4 is 15.7 Å². The molecule has 0 spiro atoms. The normalized spacial score (nSPS) is 24.3. The zero-order valence-electron chi connectivity index (χ0n) is 8.92. The van der Waals surface area contributed by atoms with Crippen molar-refractivity contribution in [1.82, 2.24) is 5.32 Å². The summed E-state index contributed by atoms with van der Waals surface area (Å²) in [6, 6.07) is -0.787. The highest BCUT2D eigenvalue weighted by atomic mass is 32.2. The molecule has 1 heterocycles. The third kappa shape index (κ3) is 3.16. The molecule has 0 bridgehead atoms. The van der Waals surface area contributed by atoms with Gasteiger partial charge in [0.15, 0.2) is 9.84 Å². The topological polar surface area (TPSA) is 104 Å². The summed E-state index contributed by atoms with van der Waals surface area (Å²) in [6.07, 6.45) is 1.62. The van der Waals surface area contributed by atoms with Crippen LogP contribution in [0.3, 0.4) is 0 Å². The molecule has 1 rings (SSSR count). The zero-order chi connectivity index (χ0) is 12.2. The molecule has 0 aromatic heterocycles. The third-order valence-corrected chi connectivity index (χ3v) is 4.83. The summed E-state index contributed by atoms with van der Waals surface area (Å²) in [5, 5.41) is 18.9. The molecule has 6 nitrogen and oxygen atoms in total. The summed E-state index contributed by atoms with van der Waals surface area (Å²) in [5.74, 6) is -0.582. The minimum Gasteiger partial charge on any atom is -0.394 e. The smallest absolute Gasteiger partial charge is 0.238 e. The lowest BCUT2D eigenvalue weighted by molar-refractivity contribution is -0.122. The van der Waals surface area contributed by atoms with E-state index in [4.69, 9.17) is 10.2 Å². The van der Waals surface area contributed by atoms with Crippen molar-refractivity contribution in [2.75, 3.05) is 19.0 Å². The van der Waals surface area contributed by atoms with Gasteiger partial charge in [0.1, 0.15) is 5.25 Å². The van der Waals surface area contributed by atoms with Crippen molar-refractivity contribution in [3.05, 3.63) is 0 Å². The summed E-state index contributed by atoms with van der Waals surface area (Å²) < 4.78 is 23.2. The van der Waals surface area contributed by atoms with Gasteiger partial charge in [-0.15, -0.1) is 0 Å². The Labute approximate surface area is 94.6 Å². The monoisotopic (exact) mass is 251 g/mol. The molecular weight excluding hydrogens is 234 g/mol.